The van der Waals surface area contributed by atoms with Crippen molar-refractivity contribution in [3.63, 3.8) is 0 Å². The number of hydrogen-bond donors (Lipinski definition) is 1. The number of nitrogens with zero attached hydrogens (tertiary/aromatic N) is 2. The predicted octanol–water partition coefficient (Wildman–Crippen LogP) is 4.72. The fourth-order valence-electron chi connectivity index (χ4n) is 4.17. The Bertz CT molecular complexity index is 1440. The zero-order valence-corrected chi connectivity index (χ0v) is 22.4. The monoisotopic (exact) mass is 541 g/mol. The number of halogens is 1. The highest BCUT2D eigenvalue weighted by atomic mass is 35.5. The molecule has 37 heavy (non-hydrogen) atoms. The van der Waals surface area contributed by atoms with Crippen molar-refractivity contribution in [2.45, 2.75) is 31.1 Å². The maximum absolute atomic E-state index is 13.7. The molecular weight excluding hydrogens is 514 g/mol. The van der Waals surface area contributed by atoms with Gasteiger partial charge in [0.1, 0.15) is 18.0 Å². The largest absolute Gasteiger partial charge is 0.497 e. The number of carbonyl (C=O) groups is 1. The first-order chi connectivity index (χ1) is 17.7. The number of anilines is 1. The number of hydrazone groups is 1. The van der Waals surface area contributed by atoms with E-state index >= 15 is 0 Å². The van der Waals surface area contributed by atoms with Crippen molar-refractivity contribution in [2.24, 2.45) is 5.10 Å². The molecule has 0 atom stereocenters. The summed E-state index contributed by atoms with van der Waals surface area (Å²) in [6.07, 6.45) is 2.45. The van der Waals surface area contributed by atoms with E-state index in [0.717, 1.165) is 45.3 Å². The molecule has 1 amide bonds. The number of benzene rings is 3. The minimum absolute atomic E-state index is 0.0365. The summed E-state index contributed by atoms with van der Waals surface area (Å²) in [5, 5.41) is 4.65. The summed E-state index contributed by atoms with van der Waals surface area (Å²) in [6, 6.07) is 16.7. The molecule has 0 aliphatic heterocycles. The van der Waals surface area contributed by atoms with Crippen molar-refractivity contribution < 1.29 is 22.7 Å². The average molecular weight is 542 g/mol. The molecule has 1 N–H and O–H groups in total. The molecule has 3 aromatic carbocycles. The summed E-state index contributed by atoms with van der Waals surface area (Å²) >= 11 is 6.20. The van der Waals surface area contributed by atoms with Crippen LogP contribution in [0.5, 0.6) is 11.5 Å². The highest BCUT2D eigenvalue weighted by Gasteiger charge is 2.30. The van der Waals surface area contributed by atoms with E-state index in [0.29, 0.717) is 11.4 Å². The number of rotatable bonds is 8. The number of nitrogens with one attached hydrogen (secondary N) is 1. The third-order valence-electron chi connectivity index (χ3n) is 6.10. The number of aryl methyl sites for hydroxylation is 2. The van der Waals surface area contributed by atoms with Crippen molar-refractivity contribution >= 4 is 38.9 Å². The standard InChI is InChI=1S/C27H28ClN3O5S/c1-18-7-11-22(12-8-18)37(33,34)31(25-16-20(28)9-14-26(25)36-3)17-27(32)30-29-24-6-4-5-19-15-21(35-2)10-13-23(19)24/h7-16H,4-6,17H2,1-3H3,(H,30,32)/b29-24+. The van der Waals surface area contributed by atoms with Gasteiger partial charge in [-0.25, -0.2) is 13.8 Å². The van der Waals surface area contributed by atoms with Crippen LogP contribution in [0.3, 0.4) is 0 Å². The van der Waals surface area contributed by atoms with Crippen molar-refractivity contribution in [1.29, 1.82) is 0 Å². The maximum Gasteiger partial charge on any atom is 0.264 e. The van der Waals surface area contributed by atoms with Crippen molar-refractivity contribution in [2.75, 3.05) is 25.1 Å². The fourth-order valence-corrected chi connectivity index (χ4v) is 5.76. The first-order valence-corrected chi connectivity index (χ1v) is 13.5. The van der Waals surface area contributed by atoms with Gasteiger partial charge in [-0.3, -0.25) is 9.10 Å². The molecular formula is C27H28ClN3O5S. The van der Waals surface area contributed by atoms with Crippen LogP contribution >= 0.6 is 11.6 Å². The van der Waals surface area contributed by atoms with Crippen molar-refractivity contribution in [3.8, 4) is 11.5 Å². The molecule has 8 nitrogen and oxygen atoms in total. The molecule has 0 radical (unpaired) electrons. The summed E-state index contributed by atoms with van der Waals surface area (Å²) in [5.41, 5.74) is 6.35. The second kappa shape index (κ2) is 11.2. The second-order valence-electron chi connectivity index (χ2n) is 8.61. The average Bonchev–Trinajstić information content (AvgIpc) is 2.90. The van der Waals surface area contributed by atoms with Gasteiger partial charge in [0.25, 0.3) is 15.9 Å². The number of ether oxygens (including phenoxy) is 2. The molecule has 0 heterocycles. The summed E-state index contributed by atoms with van der Waals surface area (Å²) in [6.45, 7) is 1.33. The number of carbonyl (C=O) groups excluding carboxylic acids is 1. The lowest BCUT2D eigenvalue weighted by molar-refractivity contribution is -0.119. The molecule has 0 saturated heterocycles. The van der Waals surface area contributed by atoms with E-state index in [1.807, 2.05) is 25.1 Å². The van der Waals surface area contributed by atoms with Crippen LogP contribution in [0.4, 0.5) is 5.69 Å². The van der Waals surface area contributed by atoms with Gasteiger partial charge in [0.15, 0.2) is 0 Å². The summed E-state index contributed by atoms with van der Waals surface area (Å²) < 4.78 is 39.1. The van der Waals surface area contributed by atoms with Crippen molar-refractivity contribution in [1.82, 2.24) is 5.43 Å². The van der Waals surface area contributed by atoms with Crippen LogP contribution in [0.15, 0.2) is 70.7 Å². The first kappa shape index (κ1) is 26.5. The Hall–Kier alpha value is -3.56. The molecule has 0 bridgehead atoms. The van der Waals surface area contributed by atoms with E-state index in [2.05, 4.69) is 10.5 Å². The van der Waals surface area contributed by atoms with Crippen LogP contribution in [-0.2, 0) is 21.2 Å². The quantitative estimate of drug-likeness (QED) is 0.416. The third-order valence-corrected chi connectivity index (χ3v) is 8.11. The van der Waals surface area contributed by atoms with Crippen LogP contribution in [-0.4, -0.2) is 40.8 Å². The lowest BCUT2D eigenvalue weighted by Crippen LogP contribution is -2.40. The number of amides is 1. The highest BCUT2D eigenvalue weighted by Crippen LogP contribution is 2.35. The van der Waals surface area contributed by atoms with Crippen LogP contribution in [0, 0.1) is 6.92 Å². The summed E-state index contributed by atoms with van der Waals surface area (Å²) in [7, 11) is -1.11. The maximum atomic E-state index is 13.7. The van der Waals surface area contributed by atoms with Gasteiger partial charge in [-0.05, 0) is 80.3 Å². The molecule has 194 valence electrons. The number of sulfonamides is 1. The second-order valence-corrected chi connectivity index (χ2v) is 10.9. The Morgan fingerprint density at radius 1 is 1.03 bits per heavy atom. The zero-order valence-electron chi connectivity index (χ0n) is 20.8. The van der Waals surface area contributed by atoms with E-state index in [1.54, 1.807) is 31.4 Å². The molecule has 0 spiro atoms. The first-order valence-electron chi connectivity index (χ1n) is 11.7. The van der Waals surface area contributed by atoms with Gasteiger partial charge < -0.3 is 9.47 Å². The smallest absolute Gasteiger partial charge is 0.264 e. The highest BCUT2D eigenvalue weighted by molar-refractivity contribution is 7.92. The molecule has 0 fully saturated rings. The SMILES string of the molecule is COc1ccc2c(c1)CCC/C2=N\NC(=O)CN(c1cc(Cl)ccc1OC)S(=O)(=O)c1ccc(C)cc1. The normalized spacial score (nSPS) is 14.1. The Balaban J connectivity index is 1.65. The number of methoxy groups -OCH3 is 2. The Morgan fingerprint density at radius 3 is 2.49 bits per heavy atom. The topological polar surface area (TPSA) is 97.3 Å². The van der Waals surface area contributed by atoms with E-state index in [1.165, 1.54) is 25.3 Å². The van der Waals surface area contributed by atoms with Crippen LogP contribution < -0.4 is 19.2 Å². The minimum atomic E-state index is -4.14. The summed E-state index contributed by atoms with van der Waals surface area (Å²) in [4.78, 5) is 13.1. The molecule has 1 aliphatic carbocycles. The van der Waals surface area contributed by atoms with Gasteiger partial charge >= 0.3 is 0 Å². The molecule has 3 aromatic rings. The van der Waals surface area contributed by atoms with Gasteiger partial charge in [-0.2, -0.15) is 5.10 Å². The third kappa shape index (κ3) is 5.89. The van der Waals surface area contributed by atoms with Gasteiger partial charge in [-0.1, -0.05) is 29.3 Å². The molecule has 10 heteroatoms. The van der Waals surface area contributed by atoms with Crippen LogP contribution in [0.1, 0.15) is 29.5 Å². The predicted molar refractivity (Wildman–Crippen MR) is 144 cm³/mol. The Morgan fingerprint density at radius 2 is 1.78 bits per heavy atom. The lowest BCUT2D eigenvalue weighted by atomic mass is 9.90. The molecule has 0 aromatic heterocycles. The van der Waals surface area contributed by atoms with E-state index in [4.69, 9.17) is 21.1 Å². The Labute approximate surface area is 221 Å². The fraction of sp³-hybridized carbons (Fsp3) is 0.259. The minimum Gasteiger partial charge on any atom is -0.497 e. The van der Waals surface area contributed by atoms with Gasteiger partial charge in [0.05, 0.1) is 30.5 Å². The number of hydrogen-bond acceptors (Lipinski definition) is 6. The Kier molecular flexibility index (Phi) is 8.04. The molecule has 1 aliphatic rings. The number of fused-ring (bicyclic) bond motifs is 1. The van der Waals surface area contributed by atoms with Gasteiger partial charge in [0, 0.05) is 10.6 Å². The van der Waals surface area contributed by atoms with Gasteiger partial charge in [0.2, 0.25) is 0 Å². The molecule has 0 unspecified atom stereocenters. The van der Waals surface area contributed by atoms with Gasteiger partial charge in [-0.15, -0.1) is 0 Å². The van der Waals surface area contributed by atoms with E-state index in [9.17, 15) is 13.2 Å². The zero-order chi connectivity index (χ0) is 26.6. The molecule has 4 rings (SSSR count). The van der Waals surface area contributed by atoms with Crippen LogP contribution in [0.25, 0.3) is 0 Å². The van der Waals surface area contributed by atoms with Crippen molar-refractivity contribution in [3.05, 3.63) is 82.4 Å². The molecule has 0 saturated carbocycles. The lowest BCUT2D eigenvalue weighted by Gasteiger charge is -2.25. The van der Waals surface area contributed by atoms with E-state index < -0.39 is 22.5 Å². The summed E-state index contributed by atoms with van der Waals surface area (Å²) in [5.74, 6) is 0.414. The van der Waals surface area contributed by atoms with Crippen LogP contribution in [0.2, 0.25) is 5.02 Å². The van der Waals surface area contributed by atoms with E-state index in [-0.39, 0.29) is 16.3 Å².